The fourth-order valence-electron chi connectivity index (χ4n) is 3.37. The summed E-state index contributed by atoms with van der Waals surface area (Å²) in [4.78, 5) is 26.9. The van der Waals surface area contributed by atoms with Crippen molar-refractivity contribution in [1.29, 1.82) is 0 Å². The number of carbonyl (C=O) groups excluding carboxylic acids is 2. The summed E-state index contributed by atoms with van der Waals surface area (Å²) in [5, 5.41) is 5.35. The molecule has 0 saturated carbocycles. The summed E-state index contributed by atoms with van der Waals surface area (Å²) in [7, 11) is 0. The first-order chi connectivity index (χ1) is 13.7. The second-order valence-corrected chi connectivity index (χ2v) is 7.94. The number of nitrogens with one attached hydrogen (secondary N) is 1. The molecule has 0 aromatic heterocycles. The molecule has 1 fully saturated rings. The van der Waals surface area contributed by atoms with E-state index in [1.807, 2.05) is 41.3 Å². The van der Waals surface area contributed by atoms with Crippen molar-refractivity contribution in [3.05, 3.63) is 72.3 Å². The Bertz CT molecular complexity index is 1000. The molecule has 0 radical (unpaired) electrons. The minimum Gasteiger partial charge on any atom is -0.351 e. The van der Waals surface area contributed by atoms with E-state index in [4.69, 9.17) is 0 Å². The topological polar surface area (TPSA) is 49.4 Å². The zero-order valence-electron chi connectivity index (χ0n) is 15.6. The smallest absolute Gasteiger partial charge is 0.230 e. The Labute approximate surface area is 168 Å². The van der Waals surface area contributed by atoms with Gasteiger partial charge in [0, 0.05) is 30.1 Å². The van der Waals surface area contributed by atoms with E-state index in [0.29, 0.717) is 18.7 Å². The molecule has 1 aliphatic rings. The van der Waals surface area contributed by atoms with Crippen LogP contribution in [0.5, 0.6) is 0 Å². The predicted octanol–water partition coefficient (Wildman–Crippen LogP) is 4.38. The summed E-state index contributed by atoms with van der Waals surface area (Å²) in [5.74, 6) is 0.585. The van der Waals surface area contributed by atoms with Crippen LogP contribution in [0.1, 0.15) is 18.4 Å². The Kier molecular flexibility index (Phi) is 5.63. The Morgan fingerprint density at radius 3 is 2.54 bits per heavy atom. The summed E-state index contributed by atoms with van der Waals surface area (Å²) < 4.78 is 0. The number of thioether (sulfide) groups is 1. The van der Waals surface area contributed by atoms with Gasteiger partial charge < -0.3 is 10.2 Å². The van der Waals surface area contributed by atoms with Crippen molar-refractivity contribution in [1.82, 2.24) is 5.32 Å². The van der Waals surface area contributed by atoms with Crippen LogP contribution in [0.25, 0.3) is 10.8 Å². The van der Waals surface area contributed by atoms with Crippen molar-refractivity contribution in [2.75, 3.05) is 17.2 Å². The molecule has 1 N–H and O–H groups in total. The number of hydrogen-bond donors (Lipinski definition) is 1. The first-order valence-corrected chi connectivity index (χ1v) is 10.5. The van der Waals surface area contributed by atoms with Crippen molar-refractivity contribution in [3.63, 3.8) is 0 Å². The van der Waals surface area contributed by atoms with Gasteiger partial charge in [-0.15, -0.1) is 11.8 Å². The number of carbonyl (C=O) groups is 2. The first-order valence-electron chi connectivity index (χ1n) is 9.47. The second-order valence-electron chi connectivity index (χ2n) is 6.89. The summed E-state index contributed by atoms with van der Waals surface area (Å²) >= 11 is 1.54. The van der Waals surface area contributed by atoms with Gasteiger partial charge in [0.05, 0.1) is 5.75 Å². The van der Waals surface area contributed by atoms with E-state index >= 15 is 0 Å². The van der Waals surface area contributed by atoms with Crippen LogP contribution in [0.4, 0.5) is 5.69 Å². The average molecular weight is 391 g/mol. The molecule has 2 amide bonds. The van der Waals surface area contributed by atoms with Gasteiger partial charge in [-0.1, -0.05) is 42.5 Å². The van der Waals surface area contributed by atoms with Crippen LogP contribution < -0.4 is 10.2 Å². The normalized spacial score (nSPS) is 13.9. The molecule has 0 unspecified atom stereocenters. The number of nitrogens with zero attached hydrogens (tertiary/aromatic N) is 1. The van der Waals surface area contributed by atoms with Gasteiger partial charge >= 0.3 is 0 Å². The van der Waals surface area contributed by atoms with Gasteiger partial charge in [-0.25, -0.2) is 0 Å². The van der Waals surface area contributed by atoms with Gasteiger partial charge in [-0.2, -0.15) is 0 Å². The van der Waals surface area contributed by atoms with E-state index in [2.05, 4.69) is 35.6 Å². The lowest BCUT2D eigenvalue weighted by atomic mass is 10.1. The fraction of sp³-hybridized carbons (Fsp3) is 0.217. The molecule has 3 aromatic carbocycles. The highest BCUT2D eigenvalue weighted by Crippen LogP contribution is 2.24. The van der Waals surface area contributed by atoms with Crippen LogP contribution in [0.3, 0.4) is 0 Å². The summed E-state index contributed by atoms with van der Waals surface area (Å²) in [6.07, 6.45) is 1.55. The molecular formula is C23H22N2O2S. The lowest BCUT2D eigenvalue weighted by molar-refractivity contribution is -0.119. The molecule has 0 bridgehead atoms. The number of fused-ring (bicyclic) bond motifs is 1. The molecule has 4 rings (SSSR count). The van der Waals surface area contributed by atoms with Gasteiger partial charge in [0.1, 0.15) is 0 Å². The summed E-state index contributed by atoms with van der Waals surface area (Å²) in [5.41, 5.74) is 1.96. The lowest BCUT2D eigenvalue weighted by Crippen LogP contribution is -2.25. The van der Waals surface area contributed by atoms with Crippen LogP contribution >= 0.6 is 11.8 Å². The van der Waals surface area contributed by atoms with Crippen LogP contribution in [-0.2, 0) is 16.1 Å². The number of amides is 2. The first kappa shape index (κ1) is 18.6. The Morgan fingerprint density at radius 2 is 1.79 bits per heavy atom. The Hall–Kier alpha value is -2.79. The third-order valence-electron chi connectivity index (χ3n) is 4.90. The highest BCUT2D eigenvalue weighted by atomic mass is 32.2. The third kappa shape index (κ3) is 4.37. The molecular weight excluding hydrogens is 368 g/mol. The molecule has 142 valence electrons. The van der Waals surface area contributed by atoms with Crippen molar-refractivity contribution >= 4 is 40.0 Å². The van der Waals surface area contributed by atoms with Gasteiger partial charge in [-0.3, -0.25) is 9.59 Å². The quantitative estimate of drug-likeness (QED) is 0.636. The molecule has 0 atom stereocenters. The van der Waals surface area contributed by atoms with E-state index in [0.717, 1.165) is 29.1 Å². The fourth-order valence-corrected chi connectivity index (χ4v) is 4.15. The van der Waals surface area contributed by atoms with Crippen LogP contribution in [0.15, 0.2) is 71.6 Å². The molecule has 4 nitrogen and oxygen atoms in total. The maximum Gasteiger partial charge on any atom is 0.230 e. The van der Waals surface area contributed by atoms with E-state index < -0.39 is 0 Å². The predicted molar refractivity (Wildman–Crippen MR) is 115 cm³/mol. The molecule has 0 aliphatic carbocycles. The zero-order chi connectivity index (χ0) is 19.3. The summed E-state index contributed by atoms with van der Waals surface area (Å²) in [6.45, 7) is 1.28. The standard InChI is InChI=1S/C23H22N2O2S/c26-22(16-28-21-12-9-18-4-1-2-5-19(18)14-21)24-15-17-7-10-20(11-8-17)25-13-3-6-23(25)27/h1-2,4-5,7-12,14H,3,6,13,15-16H2,(H,24,26). The molecule has 5 heteroatoms. The number of hydrogen-bond acceptors (Lipinski definition) is 3. The molecule has 28 heavy (non-hydrogen) atoms. The number of anilines is 1. The van der Waals surface area contributed by atoms with E-state index in [9.17, 15) is 9.59 Å². The summed E-state index contributed by atoms with van der Waals surface area (Å²) in [6, 6.07) is 22.3. The van der Waals surface area contributed by atoms with Gasteiger partial charge in [-0.05, 0) is 47.0 Å². The highest BCUT2D eigenvalue weighted by Gasteiger charge is 2.21. The average Bonchev–Trinajstić information content (AvgIpc) is 3.17. The highest BCUT2D eigenvalue weighted by molar-refractivity contribution is 8.00. The van der Waals surface area contributed by atoms with Crippen molar-refractivity contribution in [2.24, 2.45) is 0 Å². The van der Waals surface area contributed by atoms with Crippen molar-refractivity contribution < 1.29 is 9.59 Å². The minimum atomic E-state index is 0.0111. The van der Waals surface area contributed by atoms with Gasteiger partial charge in [0.2, 0.25) is 11.8 Å². The van der Waals surface area contributed by atoms with Gasteiger partial charge in [0.15, 0.2) is 0 Å². The molecule has 0 spiro atoms. The van der Waals surface area contributed by atoms with Crippen LogP contribution in [0.2, 0.25) is 0 Å². The van der Waals surface area contributed by atoms with Gasteiger partial charge in [0.25, 0.3) is 0 Å². The Balaban J connectivity index is 1.27. The second kappa shape index (κ2) is 8.48. The largest absolute Gasteiger partial charge is 0.351 e. The maximum absolute atomic E-state index is 12.2. The minimum absolute atomic E-state index is 0.0111. The zero-order valence-corrected chi connectivity index (χ0v) is 16.4. The number of benzene rings is 3. The van der Waals surface area contributed by atoms with E-state index in [1.54, 1.807) is 11.8 Å². The molecule has 3 aromatic rings. The van der Waals surface area contributed by atoms with Crippen molar-refractivity contribution in [3.8, 4) is 0 Å². The maximum atomic E-state index is 12.2. The molecule has 1 aliphatic heterocycles. The van der Waals surface area contributed by atoms with Crippen LogP contribution in [0, 0.1) is 0 Å². The van der Waals surface area contributed by atoms with Crippen LogP contribution in [-0.4, -0.2) is 24.1 Å². The SMILES string of the molecule is O=C(CSc1ccc2ccccc2c1)NCc1ccc(N2CCCC2=O)cc1. The third-order valence-corrected chi connectivity index (χ3v) is 5.90. The lowest BCUT2D eigenvalue weighted by Gasteiger charge is -2.16. The molecule has 1 heterocycles. The molecule has 1 saturated heterocycles. The monoisotopic (exact) mass is 390 g/mol. The van der Waals surface area contributed by atoms with Crippen molar-refractivity contribution in [2.45, 2.75) is 24.3 Å². The number of rotatable bonds is 6. The van der Waals surface area contributed by atoms with E-state index in [1.165, 1.54) is 10.8 Å². The van der Waals surface area contributed by atoms with E-state index in [-0.39, 0.29) is 11.8 Å². The Morgan fingerprint density at radius 1 is 1.00 bits per heavy atom.